The fraction of sp³-hybridized carbons (Fsp3) is 0.294. The van der Waals surface area contributed by atoms with Crippen molar-refractivity contribution in [2.45, 2.75) is 32.1 Å². The van der Waals surface area contributed by atoms with E-state index in [0.717, 1.165) is 32.9 Å². The fourth-order valence-electron chi connectivity index (χ4n) is 5.16. The number of carbonyl (C=O) groups is 4. The monoisotopic (exact) mass is 694 g/mol. The van der Waals surface area contributed by atoms with Crippen molar-refractivity contribution in [1.82, 2.24) is 10.6 Å². The lowest BCUT2D eigenvalue weighted by atomic mass is 10.1. The Morgan fingerprint density at radius 1 is 0.792 bits per heavy atom. The molecule has 0 radical (unpaired) electrons. The van der Waals surface area contributed by atoms with Crippen molar-refractivity contribution >= 4 is 81.3 Å². The molecule has 48 heavy (non-hydrogen) atoms. The second-order valence-corrected chi connectivity index (χ2v) is 11.5. The summed E-state index contributed by atoms with van der Waals surface area (Å²) < 4.78 is 10.6. The van der Waals surface area contributed by atoms with Gasteiger partial charge in [0, 0.05) is 35.9 Å². The van der Waals surface area contributed by atoms with E-state index in [1.807, 2.05) is 39.3 Å². The second-order valence-electron chi connectivity index (χ2n) is 10.4. The molecule has 1 saturated heterocycles. The molecule has 6 rings (SSSR count). The van der Waals surface area contributed by atoms with Crippen LogP contribution in [-0.2, 0) is 25.7 Å². The number of anilines is 2. The van der Waals surface area contributed by atoms with E-state index in [1.165, 1.54) is 11.8 Å². The van der Waals surface area contributed by atoms with Crippen LogP contribution in [0, 0.1) is 13.8 Å². The van der Waals surface area contributed by atoms with E-state index in [4.69, 9.17) is 8.83 Å². The topological polar surface area (TPSA) is 159 Å². The number of rotatable bonds is 5. The predicted molar refractivity (Wildman–Crippen MR) is 193 cm³/mol. The number of benzene rings is 2. The zero-order valence-electron chi connectivity index (χ0n) is 27.7. The van der Waals surface area contributed by atoms with Crippen molar-refractivity contribution in [3.8, 4) is 0 Å². The molecular weight excluding hydrogens is 657 g/mol. The number of nitrogens with zero attached hydrogens (tertiary/aromatic N) is 2. The van der Waals surface area contributed by atoms with Crippen LogP contribution in [0.3, 0.4) is 0 Å². The maximum atomic E-state index is 12.3. The first-order valence-electron chi connectivity index (χ1n) is 14.7. The molecule has 254 valence electrons. The highest BCUT2D eigenvalue weighted by Crippen LogP contribution is 2.31. The molecule has 2 aromatic heterocycles. The first kappa shape index (κ1) is 38.0. The number of nitrogens with one attached hydrogen (secondary N) is 2. The lowest BCUT2D eigenvalue weighted by Crippen LogP contribution is -2.35. The van der Waals surface area contributed by atoms with Crippen molar-refractivity contribution < 1.29 is 28.0 Å². The largest absolute Gasteiger partial charge is 0.421 e. The van der Waals surface area contributed by atoms with Gasteiger partial charge in [0.15, 0.2) is 0 Å². The Morgan fingerprint density at radius 2 is 1.31 bits per heavy atom. The summed E-state index contributed by atoms with van der Waals surface area (Å²) in [6.07, 6.45) is 5.86. The summed E-state index contributed by atoms with van der Waals surface area (Å²) in [5.41, 5.74) is 1.66. The van der Waals surface area contributed by atoms with Gasteiger partial charge in [-0.2, -0.15) is 24.4 Å². The van der Waals surface area contributed by atoms with Crippen molar-refractivity contribution in [2.24, 2.45) is 0 Å². The molecule has 12 nitrogen and oxygen atoms in total. The van der Waals surface area contributed by atoms with Gasteiger partial charge in [-0.15, -0.1) is 0 Å². The Kier molecular flexibility index (Phi) is 13.5. The Hall–Kier alpha value is -4.50. The summed E-state index contributed by atoms with van der Waals surface area (Å²) in [4.78, 5) is 74.3. The third-order valence-electron chi connectivity index (χ3n) is 7.27. The minimum absolute atomic E-state index is 0.0196. The maximum Gasteiger partial charge on any atom is 0.361 e. The Balaban J connectivity index is 0.000000230. The van der Waals surface area contributed by atoms with Crippen LogP contribution in [0.1, 0.15) is 23.1 Å². The molecule has 4 heterocycles. The number of para-hydroxylation sites is 1. The normalized spacial score (nSPS) is 15.3. The van der Waals surface area contributed by atoms with E-state index in [2.05, 4.69) is 23.3 Å². The predicted octanol–water partition coefficient (Wildman–Crippen LogP) is 3.73. The van der Waals surface area contributed by atoms with Crippen LogP contribution in [0.5, 0.6) is 0 Å². The van der Waals surface area contributed by atoms with Gasteiger partial charge in [-0.05, 0) is 76.3 Å². The molecular formula is C34H38N4O8S2. The minimum Gasteiger partial charge on any atom is -0.421 e. The summed E-state index contributed by atoms with van der Waals surface area (Å²) in [5.74, 6) is -1.78. The number of hydrogen-bond acceptors (Lipinski definition) is 12. The van der Waals surface area contributed by atoms with Gasteiger partial charge in [-0.1, -0.05) is 30.3 Å². The number of fused-ring (bicyclic) bond motifs is 2. The van der Waals surface area contributed by atoms with E-state index >= 15 is 0 Å². The third kappa shape index (κ3) is 7.79. The van der Waals surface area contributed by atoms with Crippen LogP contribution in [0.4, 0.5) is 11.4 Å². The summed E-state index contributed by atoms with van der Waals surface area (Å²) in [5, 5.41) is 6.76. The zero-order chi connectivity index (χ0) is 35.7. The van der Waals surface area contributed by atoms with Gasteiger partial charge in [-0.3, -0.25) is 19.2 Å². The number of thioether (sulfide) groups is 1. The Morgan fingerprint density at radius 3 is 1.85 bits per heavy atom. The quantitative estimate of drug-likeness (QED) is 0.159. The summed E-state index contributed by atoms with van der Waals surface area (Å²) in [6.45, 7) is 4.07. The Labute approximate surface area is 286 Å². The third-order valence-corrected chi connectivity index (χ3v) is 8.21. The van der Waals surface area contributed by atoms with Gasteiger partial charge < -0.3 is 19.5 Å². The van der Waals surface area contributed by atoms with Crippen LogP contribution in [0.25, 0.3) is 21.9 Å². The van der Waals surface area contributed by atoms with Crippen LogP contribution in [0.2, 0.25) is 0 Å². The summed E-state index contributed by atoms with van der Waals surface area (Å²) in [6, 6.07) is 12.6. The van der Waals surface area contributed by atoms with E-state index in [1.54, 1.807) is 50.6 Å². The van der Waals surface area contributed by atoms with Crippen molar-refractivity contribution in [2.75, 3.05) is 43.5 Å². The summed E-state index contributed by atoms with van der Waals surface area (Å²) >= 11 is 4.84. The number of carbonyl (C=O) groups excluding carboxylic acids is 4. The number of hydrogen-bond donors (Lipinski definition) is 3. The highest BCUT2D eigenvalue weighted by atomic mass is 32.2. The van der Waals surface area contributed by atoms with E-state index < -0.39 is 28.3 Å². The van der Waals surface area contributed by atoms with Gasteiger partial charge in [-0.25, -0.2) is 19.4 Å². The molecule has 1 atom stereocenters. The summed E-state index contributed by atoms with van der Waals surface area (Å²) in [7, 11) is 5.58. The highest BCUT2D eigenvalue weighted by Gasteiger charge is 2.41. The smallest absolute Gasteiger partial charge is 0.361 e. The highest BCUT2D eigenvalue weighted by molar-refractivity contribution is 8.00. The number of imide groups is 2. The van der Waals surface area contributed by atoms with Gasteiger partial charge in [0.2, 0.25) is 11.8 Å². The SMILES string of the molecule is CNC.CNCc1ccc2c(C)c(N3C(=O)C=CC3=O)c(=O)oc2c1.CS.CSC1CC(=O)N(c2c(C)c3ccccc3oc2=O)C1=O. The minimum atomic E-state index is -0.697. The standard InChI is InChI=1S/C16H14N2O4.C15H13NO4S.C2H7N.CH4S/c1-9-11-4-3-10(8-17-2)7-12(11)22-16(21)15(9)18-13(19)5-6-14(18)20;1-8-9-5-3-4-6-10(9)20-15(19)13(8)16-12(17)7-11(21-2)14(16)18;1-3-2;1-2/h3-7,17H,8H2,1-2H3;3-6,11H,7H2,1-2H3;3H,1-2H3;2H,1H3. The maximum absolute atomic E-state index is 12.3. The van der Waals surface area contributed by atoms with Crippen molar-refractivity contribution in [3.63, 3.8) is 0 Å². The van der Waals surface area contributed by atoms with Crippen molar-refractivity contribution in [3.05, 3.63) is 92.1 Å². The molecule has 0 bridgehead atoms. The van der Waals surface area contributed by atoms with Gasteiger partial charge in [0.1, 0.15) is 22.5 Å². The molecule has 2 aromatic carbocycles. The molecule has 0 spiro atoms. The first-order chi connectivity index (χ1) is 23.0. The van der Waals surface area contributed by atoms with Crippen LogP contribution < -0.4 is 31.7 Å². The average Bonchev–Trinajstić information content (AvgIpc) is 3.54. The Bertz CT molecular complexity index is 1990. The molecule has 14 heteroatoms. The van der Waals surface area contributed by atoms with E-state index in [0.29, 0.717) is 34.2 Å². The molecule has 1 unspecified atom stereocenters. The first-order valence-corrected chi connectivity index (χ1v) is 16.9. The molecule has 2 N–H and O–H groups in total. The van der Waals surface area contributed by atoms with Crippen molar-refractivity contribution in [1.29, 1.82) is 0 Å². The molecule has 0 aliphatic carbocycles. The molecule has 4 amide bonds. The molecule has 2 aliphatic heterocycles. The lowest BCUT2D eigenvalue weighted by Gasteiger charge is -2.16. The number of thiol groups is 1. The molecule has 1 fully saturated rings. The lowest BCUT2D eigenvalue weighted by molar-refractivity contribution is -0.122. The zero-order valence-corrected chi connectivity index (χ0v) is 29.4. The second kappa shape index (κ2) is 17.1. The molecule has 2 aliphatic rings. The number of aryl methyl sites for hydroxylation is 2. The van der Waals surface area contributed by atoms with Gasteiger partial charge >= 0.3 is 11.3 Å². The van der Waals surface area contributed by atoms with Gasteiger partial charge in [0.05, 0.1) is 5.25 Å². The van der Waals surface area contributed by atoms with Crippen LogP contribution in [-0.4, -0.2) is 62.5 Å². The van der Waals surface area contributed by atoms with Gasteiger partial charge in [0.25, 0.3) is 11.8 Å². The average molecular weight is 695 g/mol. The van der Waals surface area contributed by atoms with Crippen LogP contribution in [0.15, 0.2) is 73.0 Å². The molecule has 4 aromatic rings. The van der Waals surface area contributed by atoms with E-state index in [9.17, 15) is 28.8 Å². The fourth-order valence-corrected chi connectivity index (χ4v) is 5.78. The molecule has 0 saturated carbocycles. The number of amides is 4. The van der Waals surface area contributed by atoms with Crippen LogP contribution >= 0.6 is 24.4 Å². The van der Waals surface area contributed by atoms with E-state index in [-0.39, 0.29) is 29.6 Å².